The third-order valence-electron chi connectivity index (χ3n) is 4.10. The Hall–Kier alpha value is -0.940. The lowest BCUT2D eigenvalue weighted by Crippen LogP contribution is -2.43. The molecule has 102 valence electrons. The van der Waals surface area contributed by atoms with Gasteiger partial charge in [-0.05, 0) is 49.5 Å². The lowest BCUT2D eigenvalue weighted by Gasteiger charge is -2.34. The predicted octanol–water partition coefficient (Wildman–Crippen LogP) is 2.27. The first-order valence-corrected chi connectivity index (χ1v) is 7.39. The Labute approximate surface area is 120 Å². The van der Waals surface area contributed by atoms with Gasteiger partial charge in [-0.15, -0.1) is 0 Å². The quantitative estimate of drug-likeness (QED) is 0.858. The number of hydrogen-bond acceptors (Lipinski definition) is 2. The predicted molar refractivity (Wildman–Crippen MR) is 74.5 cm³/mol. The Kier molecular flexibility index (Phi) is 3.58. The van der Waals surface area contributed by atoms with Crippen molar-refractivity contribution >= 4 is 21.8 Å². The van der Waals surface area contributed by atoms with Crippen molar-refractivity contribution in [3.05, 3.63) is 34.1 Å². The number of amides is 1. The van der Waals surface area contributed by atoms with Crippen LogP contribution in [-0.2, 0) is 0 Å². The molecular weight excluding hydrogens is 311 g/mol. The third-order valence-corrected chi connectivity index (χ3v) is 4.56. The van der Waals surface area contributed by atoms with Gasteiger partial charge in [0.2, 0.25) is 0 Å². The van der Waals surface area contributed by atoms with E-state index in [-0.39, 0.29) is 11.7 Å². The minimum Gasteiger partial charge on any atom is -0.338 e. The van der Waals surface area contributed by atoms with Gasteiger partial charge in [-0.1, -0.05) is 15.9 Å². The molecule has 0 aromatic heterocycles. The molecule has 1 aromatic rings. The molecule has 2 fully saturated rings. The van der Waals surface area contributed by atoms with Crippen molar-refractivity contribution in [1.29, 1.82) is 0 Å². The van der Waals surface area contributed by atoms with Gasteiger partial charge in [-0.2, -0.15) is 0 Å². The van der Waals surface area contributed by atoms with Gasteiger partial charge < -0.3 is 10.2 Å². The van der Waals surface area contributed by atoms with Crippen LogP contribution >= 0.6 is 15.9 Å². The molecular formula is C14H16BrFN2O. The molecule has 2 atom stereocenters. The summed E-state index contributed by atoms with van der Waals surface area (Å²) >= 11 is 3.23. The molecule has 0 aliphatic carbocycles. The fourth-order valence-corrected chi connectivity index (χ4v) is 3.54. The third kappa shape index (κ3) is 2.67. The molecule has 0 bridgehead atoms. The van der Waals surface area contributed by atoms with Crippen molar-refractivity contribution in [1.82, 2.24) is 10.2 Å². The van der Waals surface area contributed by atoms with Gasteiger partial charge in [-0.3, -0.25) is 4.79 Å². The van der Waals surface area contributed by atoms with Gasteiger partial charge in [0, 0.05) is 23.1 Å². The van der Waals surface area contributed by atoms with Crippen molar-refractivity contribution in [2.24, 2.45) is 11.8 Å². The summed E-state index contributed by atoms with van der Waals surface area (Å²) in [5.41, 5.74) is 0.427. The second kappa shape index (κ2) is 5.21. The topological polar surface area (TPSA) is 32.3 Å². The first-order chi connectivity index (χ1) is 9.13. The van der Waals surface area contributed by atoms with Crippen LogP contribution < -0.4 is 5.32 Å². The zero-order valence-electron chi connectivity index (χ0n) is 10.5. The number of benzene rings is 1. The minimum atomic E-state index is -0.379. The smallest absolute Gasteiger partial charge is 0.254 e. The van der Waals surface area contributed by atoms with E-state index in [0.29, 0.717) is 21.9 Å². The molecule has 3 nitrogen and oxygen atoms in total. The molecule has 2 aliphatic heterocycles. The average Bonchev–Trinajstić information content (AvgIpc) is 2.83. The number of rotatable bonds is 1. The number of hydrogen-bond donors (Lipinski definition) is 1. The maximum Gasteiger partial charge on any atom is 0.254 e. The maximum absolute atomic E-state index is 13.4. The largest absolute Gasteiger partial charge is 0.338 e. The Morgan fingerprint density at radius 3 is 2.89 bits per heavy atom. The van der Waals surface area contributed by atoms with Crippen LogP contribution in [0.25, 0.3) is 0 Å². The van der Waals surface area contributed by atoms with Crippen LogP contribution in [-0.4, -0.2) is 37.0 Å². The molecule has 0 spiro atoms. The fraction of sp³-hybridized carbons (Fsp3) is 0.500. The first-order valence-electron chi connectivity index (χ1n) is 6.59. The molecule has 19 heavy (non-hydrogen) atoms. The number of nitrogens with one attached hydrogen (secondary N) is 1. The molecule has 3 rings (SSSR count). The molecule has 2 saturated heterocycles. The van der Waals surface area contributed by atoms with Crippen molar-refractivity contribution in [3.8, 4) is 0 Å². The minimum absolute atomic E-state index is 0.0643. The second-order valence-electron chi connectivity index (χ2n) is 5.38. The van der Waals surface area contributed by atoms with Gasteiger partial charge in [-0.25, -0.2) is 4.39 Å². The number of fused-ring (bicyclic) bond motifs is 1. The van der Waals surface area contributed by atoms with Crippen LogP contribution in [0.2, 0.25) is 0 Å². The summed E-state index contributed by atoms with van der Waals surface area (Å²) in [6, 6.07) is 4.36. The summed E-state index contributed by atoms with van der Waals surface area (Å²) in [5.74, 6) is 0.804. The van der Waals surface area contributed by atoms with E-state index < -0.39 is 0 Å². The van der Waals surface area contributed by atoms with E-state index in [1.807, 2.05) is 4.90 Å². The average molecular weight is 327 g/mol. The molecule has 5 heteroatoms. The highest BCUT2D eigenvalue weighted by Crippen LogP contribution is 2.27. The van der Waals surface area contributed by atoms with E-state index in [2.05, 4.69) is 21.2 Å². The second-order valence-corrected chi connectivity index (χ2v) is 6.29. The maximum atomic E-state index is 13.4. The number of piperidine rings is 1. The van der Waals surface area contributed by atoms with Crippen molar-refractivity contribution in [2.75, 3.05) is 26.2 Å². The molecule has 1 aromatic carbocycles. The lowest BCUT2D eigenvalue weighted by atomic mass is 9.88. The molecule has 1 amide bonds. The molecule has 2 heterocycles. The van der Waals surface area contributed by atoms with E-state index in [4.69, 9.17) is 0 Å². The summed E-state index contributed by atoms with van der Waals surface area (Å²) in [6.07, 6.45) is 1.04. The van der Waals surface area contributed by atoms with Crippen LogP contribution in [0, 0.1) is 17.7 Å². The lowest BCUT2D eigenvalue weighted by molar-refractivity contribution is 0.0642. The first kappa shape index (κ1) is 13.1. The molecule has 0 saturated carbocycles. The van der Waals surface area contributed by atoms with E-state index >= 15 is 0 Å². The number of halogens is 2. The number of carbonyl (C=O) groups is 1. The normalized spacial score (nSPS) is 26.3. The van der Waals surface area contributed by atoms with E-state index in [1.54, 1.807) is 6.07 Å². The Morgan fingerprint density at radius 2 is 2.11 bits per heavy atom. The van der Waals surface area contributed by atoms with Gasteiger partial charge in [0.1, 0.15) is 5.82 Å². The summed E-state index contributed by atoms with van der Waals surface area (Å²) in [7, 11) is 0. The summed E-state index contributed by atoms with van der Waals surface area (Å²) in [4.78, 5) is 14.3. The van der Waals surface area contributed by atoms with Crippen LogP contribution in [0.15, 0.2) is 22.7 Å². The van der Waals surface area contributed by atoms with Crippen LogP contribution in [0.1, 0.15) is 16.8 Å². The molecule has 0 radical (unpaired) electrons. The Bertz CT molecular complexity index is 488. The zero-order valence-corrected chi connectivity index (χ0v) is 12.1. The Morgan fingerprint density at radius 1 is 1.32 bits per heavy atom. The van der Waals surface area contributed by atoms with E-state index in [1.165, 1.54) is 12.1 Å². The molecule has 1 N–H and O–H groups in total. The molecule has 2 aliphatic rings. The van der Waals surface area contributed by atoms with Gasteiger partial charge >= 0.3 is 0 Å². The van der Waals surface area contributed by atoms with Gasteiger partial charge in [0.05, 0.1) is 0 Å². The summed E-state index contributed by atoms with van der Waals surface area (Å²) in [5, 5.41) is 3.38. The summed E-state index contributed by atoms with van der Waals surface area (Å²) in [6.45, 7) is 3.61. The monoisotopic (exact) mass is 326 g/mol. The number of nitrogens with zero attached hydrogens (tertiary/aromatic N) is 1. The highest BCUT2D eigenvalue weighted by atomic mass is 79.9. The van der Waals surface area contributed by atoms with Gasteiger partial charge in [0.15, 0.2) is 0 Å². The van der Waals surface area contributed by atoms with E-state index in [9.17, 15) is 9.18 Å². The zero-order chi connectivity index (χ0) is 13.4. The number of likely N-dealkylation sites (tertiary alicyclic amines) is 1. The Balaban J connectivity index is 1.76. The standard InChI is InChI=1S/C14H16BrFN2O/c15-12-3-10(4-13(16)5-12)14(19)18-2-1-9-6-17-7-11(9)8-18/h3-5,9,11,17H,1-2,6-8H2. The van der Waals surface area contributed by atoms with Crippen LogP contribution in [0.5, 0.6) is 0 Å². The molecule has 2 unspecified atom stereocenters. The summed E-state index contributed by atoms with van der Waals surface area (Å²) < 4.78 is 14.0. The van der Waals surface area contributed by atoms with Crippen molar-refractivity contribution in [3.63, 3.8) is 0 Å². The SMILES string of the molecule is O=C(c1cc(F)cc(Br)c1)N1CCC2CNCC2C1. The fourth-order valence-electron chi connectivity index (χ4n) is 3.08. The highest BCUT2D eigenvalue weighted by Gasteiger charge is 2.34. The van der Waals surface area contributed by atoms with Gasteiger partial charge in [0.25, 0.3) is 5.91 Å². The number of carbonyl (C=O) groups excluding carboxylic acids is 1. The van der Waals surface area contributed by atoms with Crippen molar-refractivity contribution < 1.29 is 9.18 Å². The van der Waals surface area contributed by atoms with E-state index in [0.717, 1.165) is 32.6 Å². The van der Waals surface area contributed by atoms with Crippen molar-refractivity contribution in [2.45, 2.75) is 6.42 Å². The highest BCUT2D eigenvalue weighted by molar-refractivity contribution is 9.10. The van der Waals surface area contributed by atoms with Crippen LogP contribution in [0.4, 0.5) is 4.39 Å². The van der Waals surface area contributed by atoms with Crippen LogP contribution in [0.3, 0.4) is 0 Å².